The maximum absolute atomic E-state index is 13.6. The molecule has 3 heterocycles. The average Bonchev–Trinajstić information content (AvgIpc) is 3.48. The molecule has 2 aromatic rings. The zero-order valence-electron chi connectivity index (χ0n) is 19.9. The lowest BCUT2D eigenvalue weighted by molar-refractivity contribution is -0.133. The molecule has 5 rings (SSSR count). The Kier molecular flexibility index (Phi) is 6.86. The summed E-state index contributed by atoms with van der Waals surface area (Å²) in [6.07, 6.45) is 2.12. The van der Waals surface area contributed by atoms with E-state index in [4.69, 9.17) is 9.47 Å². The summed E-state index contributed by atoms with van der Waals surface area (Å²) in [6.45, 7) is 7.19. The van der Waals surface area contributed by atoms with Gasteiger partial charge >= 0.3 is 0 Å². The van der Waals surface area contributed by atoms with Crippen molar-refractivity contribution in [2.24, 2.45) is 0 Å². The van der Waals surface area contributed by atoms with Crippen LogP contribution < -0.4 is 4.90 Å². The fourth-order valence-electron chi connectivity index (χ4n) is 5.69. The molecule has 1 spiro atoms. The third-order valence-corrected chi connectivity index (χ3v) is 7.63. The zero-order valence-corrected chi connectivity index (χ0v) is 19.9. The highest BCUT2D eigenvalue weighted by molar-refractivity contribution is 5.93. The number of benzene rings is 2. The lowest BCUT2D eigenvalue weighted by Crippen LogP contribution is -2.57. The summed E-state index contributed by atoms with van der Waals surface area (Å²) >= 11 is 0. The van der Waals surface area contributed by atoms with E-state index in [2.05, 4.69) is 28.9 Å². The van der Waals surface area contributed by atoms with Crippen molar-refractivity contribution in [1.82, 2.24) is 9.80 Å². The Bertz CT molecular complexity index is 957. The summed E-state index contributed by atoms with van der Waals surface area (Å²) in [5, 5.41) is 0. The van der Waals surface area contributed by atoms with E-state index in [0.29, 0.717) is 19.9 Å². The Morgan fingerprint density at radius 1 is 1.03 bits per heavy atom. The number of carbonyl (C=O) groups excluding carboxylic acids is 1. The molecule has 0 N–H and O–H groups in total. The molecule has 2 aromatic carbocycles. The van der Waals surface area contributed by atoms with Crippen LogP contribution in [0.5, 0.6) is 0 Å². The van der Waals surface area contributed by atoms with Gasteiger partial charge in [-0.2, -0.15) is 0 Å². The highest BCUT2D eigenvalue weighted by Gasteiger charge is 2.53. The van der Waals surface area contributed by atoms with E-state index >= 15 is 0 Å². The predicted octanol–water partition coefficient (Wildman–Crippen LogP) is 3.83. The monoisotopic (exact) mass is 467 g/mol. The molecule has 3 aliphatic rings. The summed E-state index contributed by atoms with van der Waals surface area (Å²) in [6, 6.07) is 17.1. The van der Waals surface area contributed by atoms with Crippen LogP contribution in [-0.2, 0) is 14.3 Å². The fraction of sp³-hybridized carbons (Fsp3) is 0.519. The molecule has 7 heteroatoms. The van der Waals surface area contributed by atoms with Gasteiger partial charge in [-0.05, 0) is 49.6 Å². The van der Waals surface area contributed by atoms with Crippen LogP contribution in [0.15, 0.2) is 54.6 Å². The predicted molar refractivity (Wildman–Crippen MR) is 129 cm³/mol. The lowest BCUT2D eigenvalue weighted by atomic mass is 9.84. The minimum absolute atomic E-state index is 0.175. The van der Waals surface area contributed by atoms with Gasteiger partial charge in [0.05, 0.1) is 19.9 Å². The summed E-state index contributed by atoms with van der Waals surface area (Å²) in [4.78, 5) is 20.2. The van der Waals surface area contributed by atoms with E-state index in [1.54, 1.807) is 0 Å². The second-order valence-electron chi connectivity index (χ2n) is 9.55. The van der Waals surface area contributed by atoms with Gasteiger partial charge in [-0.15, -0.1) is 0 Å². The molecule has 3 aliphatic heterocycles. The number of anilines is 1. The van der Waals surface area contributed by atoms with E-state index in [1.165, 1.54) is 12.1 Å². The van der Waals surface area contributed by atoms with Gasteiger partial charge in [0.15, 0.2) is 6.29 Å². The van der Waals surface area contributed by atoms with Crippen molar-refractivity contribution in [3.8, 4) is 0 Å². The van der Waals surface area contributed by atoms with Gasteiger partial charge in [0.2, 0.25) is 5.91 Å². The quantitative estimate of drug-likeness (QED) is 0.619. The Labute approximate surface area is 201 Å². The third kappa shape index (κ3) is 4.57. The van der Waals surface area contributed by atoms with Gasteiger partial charge in [0, 0.05) is 44.2 Å². The molecule has 1 amide bonds. The van der Waals surface area contributed by atoms with Crippen molar-refractivity contribution in [3.63, 3.8) is 0 Å². The molecular weight excluding hydrogens is 433 g/mol. The Morgan fingerprint density at radius 2 is 1.71 bits per heavy atom. The summed E-state index contributed by atoms with van der Waals surface area (Å²) < 4.78 is 25.0. The first kappa shape index (κ1) is 23.3. The molecule has 1 unspecified atom stereocenters. The van der Waals surface area contributed by atoms with Crippen LogP contribution in [0.2, 0.25) is 0 Å². The van der Waals surface area contributed by atoms with Gasteiger partial charge in [-0.25, -0.2) is 4.39 Å². The Hall–Kier alpha value is -2.48. The number of halogens is 1. The number of ether oxygens (including phenoxy) is 2. The van der Waals surface area contributed by atoms with E-state index < -0.39 is 5.54 Å². The van der Waals surface area contributed by atoms with Crippen LogP contribution in [0, 0.1) is 5.82 Å². The van der Waals surface area contributed by atoms with Crippen molar-refractivity contribution in [3.05, 3.63) is 66.0 Å². The second-order valence-corrected chi connectivity index (χ2v) is 9.55. The van der Waals surface area contributed by atoms with Crippen LogP contribution in [0.25, 0.3) is 0 Å². The largest absolute Gasteiger partial charge is 0.350 e. The minimum atomic E-state index is -0.475. The number of nitrogens with zero attached hydrogens (tertiary/aromatic N) is 3. The molecular formula is C27H34FN3O3. The van der Waals surface area contributed by atoms with Crippen molar-refractivity contribution >= 4 is 11.6 Å². The molecule has 3 saturated heterocycles. The van der Waals surface area contributed by atoms with Gasteiger partial charge in [0.25, 0.3) is 0 Å². The van der Waals surface area contributed by atoms with Crippen molar-refractivity contribution in [2.45, 2.75) is 43.9 Å². The molecule has 0 saturated carbocycles. The third-order valence-electron chi connectivity index (χ3n) is 7.63. The number of likely N-dealkylation sites (tertiary alicyclic amines) is 1. The number of rotatable bonds is 7. The van der Waals surface area contributed by atoms with Gasteiger partial charge in [-0.3, -0.25) is 4.79 Å². The first-order valence-corrected chi connectivity index (χ1v) is 12.4. The normalized spacial score (nSPS) is 22.1. The smallest absolute Gasteiger partial charge is 0.250 e. The first-order chi connectivity index (χ1) is 16.6. The summed E-state index contributed by atoms with van der Waals surface area (Å²) in [5.41, 5.74) is 1.73. The van der Waals surface area contributed by atoms with Gasteiger partial charge in [-0.1, -0.05) is 30.3 Å². The maximum atomic E-state index is 13.6. The van der Waals surface area contributed by atoms with Crippen molar-refractivity contribution < 1.29 is 18.7 Å². The molecule has 0 bridgehead atoms. The molecule has 0 aromatic heterocycles. The maximum Gasteiger partial charge on any atom is 0.250 e. The Morgan fingerprint density at radius 3 is 2.35 bits per heavy atom. The topological polar surface area (TPSA) is 45.2 Å². The standard InChI is InChI=1S/C27H34FN3O3/c1-2-30-20-31(24-6-4-3-5-7-24)27(26(30)32)12-14-29(15-13-27)19-22(18-25-33-16-17-34-25)21-8-10-23(28)11-9-21/h3-11,22,25H,2,12-20H2,1H3. The first-order valence-electron chi connectivity index (χ1n) is 12.4. The second kappa shape index (κ2) is 10.0. The fourth-order valence-corrected chi connectivity index (χ4v) is 5.69. The van der Waals surface area contributed by atoms with Crippen LogP contribution >= 0.6 is 0 Å². The molecule has 0 radical (unpaired) electrons. The summed E-state index contributed by atoms with van der Waals surface area (Å²) in [7, 11) is 0. The van der Waals surface area contributed by atoms with Crippen molar-refractivity contribution in [1.29, 1.82) is 0 Å². The summed E-state index contributed by atoms with van der Waals surface area (Å²) in [5.74, 6) is 0.202. The number of hydrogen-bond acceptors (Lipinski definition) is 5. The average molecular weight is 468 g/mol. The molecule has 6 nitrogen and oxygen atoms in total. The van der Waals surface area contributed by atoms with Crippen LogP contribution in [0.4, 0.5) is 10.1 Å². The number of hydrogen-bond donors (Lipinski definition) is 0. The molecule has 1 atom stereocenters. The van der Waals surface area contributed by atoms with Crippen LogP contribution in [-0.4, -0.2) is 73.6 Å². The zero-order chi connectivity index (χ0) is 23.5. The van der Waals surface area contributed by atoms with E-state index in [1.807, 2.05) is 35.2 Å². The number of piperidine rings is 1. The number of likely N-dealkylation sites (N-methyl/N-ethyl adjacent to an activating group) is 1. The number of amides is 1. The number of carbonyl (C=O) groups is 1. The molecule has 0 aliphatic carbocycles. The van der Waals surface area contributed by atoms with Gasteiger partial charge in [0.1, 0.15) is 11.4 Å². The van der Waals surface area contributed by atoms with Gasteiger partial charge < -0.3 is 24.2 Å². The molecule has 3 fully saturated rings. The SMILES string of the molecule is CCN1CN(c2ccccc2)C2(CCN(CC(CC3OCCO3)c3ccc(F)cc3)CC2)C1=O. The van der Waals surface area contributed by atoms with Crippen LogP contribution in [0.3, 0.4) is 0 Å². The Balaban J connectivity index is 1.31. The molecule has 182 valence electrons. The van der Waals surface area contributed by atoms with E-state index in [-0.39, 0.29) is 23.9 Å². The van der Waals surface area contributed by atoms with Crippen LogP contribution in [0.1, 0.15) is 37.7 Å². The minimum Gasteiger partial charge on any atom is -0.350 e. The number of para-hydroxylation sites is 1. The van der Waals surface area contributed by atoms with Crippen molar-refractivity contribution in [2.75, 3.05) is 51.0 Å². The highest BCUT2D eigenvalue weighted by Crippen LogP contribution is 2.40. The molecule has 34 heavy (non-hydrogen) atoms. The van der Waals surface area contributed by atoms with E-state index in [9.17, 15) is 9.18 Å². The van der Waals surface area contributed by atoms with E-state index in [0.717, 1.165) is 56.7 Å². The highest BCUT2D eigenvalue weighted by atomic mass is 19.1. The lowest BCUT2D eigenvalue weighted by Gasteiger charge is -2.44.